The van der Waals surface area contributed by atoms with E-state index in [9.17, 15) is 13.2 Å². The maximum absolute atomic E-state index is 14.0. The van der Waals surface area contributed by atoms with E-state index in [0.29, 0.717) is 27.5 Å². The van der Waals surface area contributed by atoms with E-state index in [1.807, 2.05) is 50.2 Å². The Morgan fingerprint density at radius 3 is 2.12 bits per heavy atom. The van der Waals surface area contributed by atoms with E-state index < -0.39 is 16.0 Å². The van der Waals surface area contributed by atoms with Crippen molar-refractivity contribution in [2.75, 3.05) is 7.11 Å². The standard InChI is InChI=1S/C27H22N2O4S/c1-17-8-12-19(13-9-17)24-25(27(30)33-3)28-16-22-21-6-4-5-7-23(21)29(26(22)24)34(31,32)20-14-10-18(2)11-15-20/h4-16H,1-3H3. The van der Waals surface area contributed by atoms with Gasteiger partial charge in [0, 0.05) is 22.5 Å². The lowest BCUT2D eigenvalue weighted by atomic mass is 10.00. The lowest BCUT2D eigenvalue weighted by Crippen LogP contribution is -2.15. The molecular weight excluding hydrogens is 448 g/mol. The maximum Gasteiger partial charge on any atom is 0.357 e. The molecule has 0 spiro atoms. The van der Waals surface area contributed by atoms with Crippen molar-refractivity contribution in [3.63, 3.8) is 0 Å². The minimum atomic E-state index is -4.02. The summed E-state index contributed by atoms with van der Waals surface area (Å²) in [7, 11) is -2.73. The molecule has 0 saturated heterocycles. The number of rotatable bonds is 4. The van der Waals surface area contributed by atoms with Crippen molar-refractivity contribution in [1.29, 1.82) is 0 Å². The number of esters is 1. The molecule has 34 heavy (non-hydrogen) atoms. The van der Waals surface area contributed by atoms with E-state index in [2.05, 4.69) is 4.98 Å². The second-order valence-electron chi connectivity index (χ2n) is 8.20. The highest BCUT2D eigenvalue weighted by molar-refractivity contribution is 7.90. The van der Waals surface area contributed by atoms with Gasteiger partial charge in [0.05, 0.1) is 23.0 Å². The van der Waals surface area contributed by atoms with E-state index in [4.69, 9.17) is 4.74 Å². The molecule has 0 aliphatic heterocycles. The second-order valence-corrected chi connectivity index (χ2v) is 9.99. The minimum Gasteiger partial charge on any atom is -0.464 e. The molecule has 0 amide bonds. The number of carbonyl (C=O) groups excluding carboxylic acids is 1. The van der Waals surface area contributed by atoms with Gasteiger partial charge in [0.25, 0.3) is 10.0 Å². The molecule has 0 fully saturated rings. The molecule has 6 nitrogen and oxygen atoms in total. The van der Waals surface area contributed by atoms with E-state index in [1.54, 1.807) is 42.6 Å². The minimum absolute atomic E-state index is 0.0574. The third kappa shape index (κ3) is 3.36. The number of nitrogens with zero attached hydrogens (tertiary/aromatic N) is 2. The number of ether oxygens (including phenoxy) is 1. The van der Waals surface area contributed by atoms with Crippen LogP contribution < -0.4 is 0 Å². The Labute approximate surface area is 197 Å². The van der Waals surface area contributed by atoms with Crippen molar-refractivity contribution in [3.8, 4) is 11.1 Å². The van der Waals surface area contributed by atoms with Crippen LogP contribution in [-0.2, 0) is 14.8 Å². The fourth-order valence-corrected chi connectivity index (χ4v) is 5.76. The van der Waals surface area contributed by atoms with Gasteiger partial charge >= 0.3 is 5.97 Å². The molecule has 7 heteroatoms. The molecule has 0 radical (unpaired) electrons. The number of para-hydroxylation sites is 1. The zero-order chi connectivity index (χ0) is 24.0. The zero-order valence-electron chi connectivity index (χ0n) is 18.9. The quantitative estimate of drug-likeness (QED) is 0.324. The van der Waals surface area contributed by atoms with Crippen LogP contribution >= 0.6 is 0 Å². The molecule has 2 aromatic heterocycles. The van der Waals surface area contributed by atoms with Crippen molar-refractivity contribution < 1.29 is 17.9 Å². The van der Waals surface area contributed by atoms with Gasteiger partial charge in [0.1, 0.15) is 0 Å². The van der Waals surface area contributed by atoms with Gasteiger partial charge in [-0.25, -0.2) is 22.2 Å². The number of benzene rings is 3. The number of aromatic nitrogens is 2. The summed E-state index contributed by atoms with van der Waals surface area (Å²) >= 11 is 0. The van der Waals surface area contributed by atoms with Crippen molar-refractivity contribution in [2.24, 2.45) is 0 Å². The molecular formula is C27H22N2O4S. The Morgan fingerprint density at radius 1 is 0.853 bits per heavy atom. The highest BCUT2D eigenvalue weighted by Crippen LogP contribution is 2.39. The number of fused-ring (bicyclic) bond motifs is 3. The van der Waals surface area contributed by atoms with Crippen LogP contribution in [-0.4, -0.2) is 30.5 Å². The molecule has 0 bridgehead atoms. The third-order valence-electron chi connectivity index (χ3n) is 5.95. The summed E-state index contributed by atoms with van der Waals surface area (Å²) in [5, 5.41) is 1.36. The van der Waals surface area contributed by atoms with Crippen LogP contribution in [0.15, 0.2) is 83.9 Å². The lowest BCUT2D eigenvalue weighted by Gasteiger charge is -2.14. The summed E-state index contributed by atoms with van der Waals surface area (Å²) in [4.78, 5) is 17.3. The van der Waals surface area contributed by atoms with Crippen LogP contribution in [0.3, 0.4) is 0 Å². The van der Waals surface area contributed by atoms with Crippen LogP contribution in [0.4, 0.5) is 0 Å². The molecule has 0 saturated carbocycles. The molecule has 0 atom stereocenters. The smallest absolute Gasteiger partial charge is 0.357 e. The van der Waals surface area contributed by atoms with Gasteiger partial charge < -0.3 is 4.74 Å². The molecule has 5 rings (SSSR count). The maximum atomic E-state index is 14.0. The van der Waals surface area contributed by atoms with Crippen molar-refractivity contribution in [2.45, 2.75) is 18.7 Å². The molecule has 0 aliphatic rings. The Balaban J connectivity index is 2.00. The van der Waals surface area contributed by atoms with Crippen LogP contribution in [0.5, 0.6) is 0 Å². The summed E-state index contributed by atoms with van der Waals surface area (Å²) in [5.74, 6) is -0.637. The van der Waals surface area contributed by atoms with Gasteiger partial charge in [-0.1, -0.05) is 65.7 Å². The van der Waals surface area contributed by atoms with Crippen molar-refractivity contribution >= 4 is 37.8 Å². The largest absolute Gasteiger partial charge is 0.464 e. The number of aryl methyl sites for hydroxylation is 2. The van der Waals surface area contributed by atoms with E-state index in [0.717, 1.165) is 16.5 Å². The number of methoxy groups -OCH3 is 1. The first-order valence-electron chi connectivity index (χ1n) is 10.7. The van der Waals surface area contributed by atoms with E-state index >= 15 is 0 Å². The number of hydrogen-bond donors (Lipinski definition) is 0. The van der Waals surface area contributed by atoms with E-state index in [-0.39, 0.29) is 10.6 Å². The highest BCUT2D eigenvalue weighted by Gasteiger charge is 2.29. The molecule has 0 aliphatic carbocycles. The fourth-order valence-electron chi connectivity index (χ4n) is 4.22. The zero-order valence-corrected chi connectivity index (χ0v) is 19.8. The fraction of sp³-hybridized carbons (Fsp3) is 0.111. The molecule has 2 heterocycles. The summed E-state index contributed by atoms with van der Waals surface area (Å²) in [6, 6.07) is 21.5. The molecule has 0 unspecified atom stereocenters. The van der Waals surface area contributed by atoms with Crippen LogP contribution in [0, 0.1) is 13.8 Å². The first-order valence-corrected chi connectivity index (χ1v) is 12.2. The average molecular weight is 471 g/mol. The Bertz CT molecular complexity index is 1670. The lowest BCUT2D eigenvalue weighted by molar-refractivity contribution is 0.0595. The van der Waals surface area contributed by atoms with Crippen LogP contribution in [0.25, 0.3) is 32.9 Å². The van der Waals surface area contributed by atoms with E-state index in [1.165, 1.54) is 11.1 Å². The predicted molar refractivity (Wildman–Crippen MR) is 133 cm³/mol. The number of hydrogen-bond acceptors (Lipinski definition) is 5. The SMILES string of the molecule is COC(=O)c1ncc2c3ccccc3n(S(=O)(=O)c3ccc(C)cc3)c2c1-c1ccc(C)cc1. The summed E-state index contributed by atoms with van der Waals surface area (Å²) < 4.78 is 34.4. The van der Waals surface area contributed by atoms with Crippen molar-refractivity contribution in [1.82, 2.24) is 8.96 Å². The Kier molecular flexibility index (Phi) is 5.21. The summed E-state index contributed by atoms with van der Waals surface area (Å²) in [6.07, 6.45) is 1.54. The van der Waals surface area contributed by atoms with Crippen LogP contribution in [0.2, 0.25) is 0 Å². The number of pyridine rings is 1. The van der Waals surface area contributed by atoms with Gasteiger partial charge in [0.15, 0.2) is 5.69 Å². The van der Waals surface area contributed by atoms with Gasteiger partial charge in [0.2, 0.25) is 0 Å². The average Bonchev–Trinajstić information content (AvgIpc) is 3.19. The van der Waals surface area contributed by atoms with Crippen LogP contribution in [0.1, 0.15) is 21.6 Å². The second kappa shape index (κ2) is 8.11. The molecule has 0 N–H and O–H groups in total. The first-order chi connectivity index (χ1) is 16.3. The Morgan fingerprint density at radius 2 is 1.47 bits per heavy atom. The predicted octanol–water partition coefficient (Wildman–Crippen LogP) is 5.50. The summed E-state index contributed by atoms with van der Waals surface area (Å²) in [6.45, 7) is 3.86. The number of carbonyl (C=O) groups is 1. The van der Waals surface area contributed by atoms with Gasteiger partial charge in [-0.3, -0.25) is 0 Å². The van der Waals surface area contributed by atoms with Gasteiger partial charge in [-0.15, -0.1) is 0 Å². The van der Waals surface area contributed by atoms with Crippen molar-refractivity contribution in [3.05, 3.63) is 95.8 Å². The Hall–Kier alpha value is -3.97. The molecule has 5 aromatic rings. The third-order valence-corrected chi connectivity index (χ3v) is 7.67. The molecule has 170 valence electrons. The topological polar surface area (TPSA) is 78.3 Å². The van der Waals surface area contributed by atoms with Gasteiger partial charge in [-0.05, 0) is 37.6 Å². The highest BCUT2D eigenvalue weighted by atomic mass is 32.2. The normalized spacial score (nSPS) is 11.7. The monoisotopic (exact) mass is 470 g/mol. The molecule has 3 aromatic carbocycles. The first kappa shape index (κ1) is 21.9. The summed E-state index contributed by atoms with van der Waals surface area (Å²) in [5.41, 5.74) is 4.04. The van der Waals surface area contributed by atoms with Gasteiger partial charge in [-0.2, -0.15) is 0 Å².